The summed E-state index contributed by atoms with van der Waals surface area (Å²) in [4.78, 5) is 11.6. The van der Waals surface area contributed by atoms with Gasteiger partial charge < -0.3 is 10.6 Å². The third kappa shape index (κ3) is 6.06. The van der Waals surface area contributed by atoms with Crippen LogP contribution in [0.3, 0.4) is 0 Å². The Kier molecular flexibility index (Phi) is 6.51. The molecule has 6 heteroatoms. The van der Waals surface area contributed by atoms with Gasteiger partial charge in [0.1, 0.15) is 0 Å². The van der Waals surface area contributed by atoms with Crippen molar-refractivity contribution in [3.63, 3.8) is 0 Å². The van der Waals surface area contributed by atoms with Crippen molar-refractivity contribution >= 4 is 5.91 Å². The minimum atomic E-state index is -4.38. The lowest BCUT2D eigenvalue weighted by Gasteiger charge is -2.09. The first-order valence-electron chi connectivity index (χ1n) is 6.57. The number of hydrogen-bond donors (Lipinski definition) is 2. The second-order valence-corrected chi connectivity index (χ2v) is 4.47. The summed E-state index contributed by atoms with van der Waals surface area (Å²) in [5, 5.41) is 5.79. The highest BCUT2D eigenvalue weighted by atomic mass is 19.4. The van der Waals surface area contributed by atoms with Crippen LogP contribution >= 0.6 is 0 Å². The first-order chi connectivity index (χ1) is 9.43. The van der Waals surface area contributed by atoms with Crippen LogP contribution in [0.1, 0.15) is 24.5 Å². The molecule has 0 radical (unpaired) electrons. The maximum Gasteiger partial charge on any atom is 0.416 e. The predicted molar refractivity (Wildman–Crippen MR) is 71.3 cm³/mol. The second-order valence-electron chi connectivity index (χ2n) is 4.47. The molecule has 0 fully saturated rings. The summed E-state index contributed by atoms with van der Waals surface area (Å²) in [6, 6.07) is 4.84. The van der Waals surface area contributed by atoms with E-state index in [1.54, 1.807) is 0 Å². The molecule has 112 valence electrons. The highest BCUT2D eigenvalue weighted by Gasteiger charge is 2.30. The number of halogens is 3. The van der Waals surface area contributed by atoms with E-state index in [1.165, 1.54) is 12.1 Å². The Balaban J connectivity index is 2.42. The molecule has 1 aromatic rings. The fourth-order valence-corrected chi connectivity index (χ4v) is 1.70. The summed E-state index contributed by atoms with van der Waals surface area (Å²) < 4.78 is 37.6. The van der Waals surface area contributed by atoms with Crippen molar-refractivity contribution < 1.29 is 18.0 Å². The van der Waals surface area contributed by atoms with Crippen LogP contribution in [0.4, 0.5) is 13.2 Å². The third-order valence-corrected chi connectivity index (χ3v) is 2.67. The molecule has 0 aromatic heterocycles. The van der Waals surface area contributed by atoms with Crippen molar-refractivity contribution in [1.29, 1.82) is 0 Å². The van der Waals surface area contributed by atoms with E-state index >= 15 is 0 Å². The van der Waals surface area contributed by atoms with E-state index in [9.17, 15) is 18.0 Å². The first-order valence-corrected chi connectivity index (χ1v) is 6.57. The Hall–Kier alpha value is -1.56. The minimum absolute atomic E-state index is 0.0440. The van der Waals surface area contributed by atoms with Crippen molar-refractivity contribution in [2.45, 2.75) is 25.9 Å². The van der Waals surface area contributed by atoms with Gasteiger partial charge in [-0.25, -0.2) is 0 Å². The monoisotopic (exact) mass is 288 g/mol. The van der Waals surface area contributed by atoms with Gasteiger partial charge in [-0.15, -0.1) is 0 Å². The largest absolute Gasteiger partial charge is 0.416 e. The molecule has 0 aliphatic carbocycles. The lowest BCUT2D eigenvalue weighted by molar-refractivity contribution is -0.137. The van der Waals surface area contributed by atoms with Gasteiger partial charge in [-0.05, 0) is 24.6 Å². The van der Waals surface area contributed by atoms with E-state index in [4.69, 9.17) is 0 Å². The molecule has 0 heterocycles. The van der Waals surface area contributed by atoms with Crippen LogP contribution in [-0.2, 0) is 17.4 Å². The molecule has 0 unspecified atom stereocenters. The number of hydrogen-bond acceptors (Lipinski definition) is 2. The van der Waals surface area contributed by atoms with E-state index in [0.29, 0.717) is 18.7 Å². The zero-order chi connectivity index (χ0) is 15.0. The van der Waals surface area contributed by atoms with Crippen LogP contribution in [0, 0.1) is 0 Å². The summed E-state index contributed by atoms with van der Waals surface area (Å²) in [6.07, 6.45) is -3.41. The number of carbonyl (C=O) groups is 1. The highest BCUT2D eigenvalue weighted by molar-refractivity contribution is 5.78. The van der Waals surface area contributed by atoms with Crippen LogP contribution in [0.25, 0.3) is 0 Å². The Labute approximate surface area is 116 Å². The first kappa shape index (κ1) is 16.5. The number of rotatable bonds is 7. The van der Waals surface area contributed by atoms with Crippen molar-refractivity contribution in [2.75, 3.05) is 19.6 Å². The molecule has 0 saturated heterocycles. The predicted octanol–water partition coefficient (Wildman–Crippen LogP) is 2.36. The van der Waals surface area contributed by atoms with Gasteiger partial charge in [-0.2, -0.15) is 13.2 Å². The van der Waals surface area contributed by atoms with Crippen molar-refractivity contribution in [2.24, 2.45) is 0 Å². The molecular formula is C14H19F3N2O. The standard InChI is InChI=1S/C14H19F3N2O/c1-2-6-18-7-8-19-13(20)10-11-4-3-5-12(9-11)14(15,16)17/h3-5,9,18H,2,6-8,10H2,1H3,(H,19,20). The quantitative estimate of drug-likeness (QED) is 0.756. The Morgan fingerprint density at radius 1 is 1.20 bits per heavy atom. The molecule has 0 aliphatic rings. The van der Waals surface area contributed by atoms with Crippen LogP contribution in [-0.4, -0.2) is 25.5 Å². The smallest absolute Gasteiger partial charge is 0.355 e. The SMILES string of the molecule is CCCNCCNC(=O)Cc1cccc(C(F)(F)F)c1. The van der Waals surface area contributed by atoms with Gasteiger partial charge in [0.15, 0.2) is 0 Å². The Bertz CT molecular complexity index is 433. The molecule has 3 nitrogen and oxygen atoms in total. The van der Waals surface area contributed by atoms with E-state index < -0.39 is 11.7 Å². The van der Waals surface area contributed by atoms with Gasteiger partial charge in [0.05, 0.1) is 12.0 Å². The van der Waals surface area contributed by atoms with Crippen LogP contribution < -0.4 is 10.6 Å². The van der Waals surface area contributed by atoms with E-state index in [2.05, 4.69) is 10.6 Å². The summed E-state index contributed by atoms with van der Waals surface area (Å²) in [7, 11) is 0. The number of benzene rings is 1. The number of alkyl halides is 3. The van der Waals surface area contributed by atoms with Crippen molar-refractivity contribution in [1.82, 2.24) is 10.6 Å². The molecule has 0 saturated carbocycles. The molecular weight excluding hydrogens is 269 g/mol. The molecule has 0 spiro atoms. The zero-order valence-corrected chi connectivity index (χ0v) is 11.4. The molecule has 0 aliphatic heterocycles. The number of carbonyl (C=O) groups excluding carboxylic acids is 1. The lowest BCUT2D eigenvalue weighted by atomic mass is 10.1. The minimum Gasteiger partial charge on any atom is -0.355 e. The van der Waals surface area contributed by atoms with Gasteiger partial charge in [-0.1, -0.05) is 25.1 Å². The average Bonchev–Trinajstić information content (AvgIpc) is 2.38. The summed E-state index contributed by atoms with van der Waals surface area (Å²) in [5.41, 5.74) is -0.369. The zero-order valence-electron chi connectivity index (χ0n) is 11.4. The molecule has 0 atom stereocenters. The van der Waals surface area contributed by atoms with E-state index in [0.717, 1.165) is 25.1 Å². The lowest BCUT2D eigenvalue weighted by Crippen LogP contribution is -2.33. The fourth-order valence-electron chi connectivity index (χ4n) is 1.70. The topological polar surface area (TPSA) is 41.1 Å². The molecule has 2 N–H and O–H groups in total. The van der Waals surface area contributed by atoms with Gasteiger partial charge >= 0.3 is 6.18 Å². The van der Waals surface area contributed by atoms with Gasteiger partial charge in [0.2, 0.25) is 5.91 Å². The van der Waals surface area contributed by atoms with Gasteiger partial charge in [0, 0.05) is 13.1 Å². The van der Waals surface area contributed by atoms with E-state index in [-0.39, 0.29) is 12.3 Å². The van der Waals surface area contributed by atoms with Gasteiger partial charge in [0.25, 0.3) is 0 Å². The van der Waals surface area contributed by atoms with Crippen LogP contribution in [0.2, 0.25) is 0 Å². The fraction of sp³-hybridized carbons (Fsp3) is 0.500. The van der Waals surface area contributed by atoms with Crippen LogP contribution in [0.5, 0.6) is 0 Å². The molecule has 1 aromatic carbocycles. The maximum absolute atomic E-state index is 12.5. The van der Waals surface area contributed by atoms with E-state index in [1.807, 2.05) is 6.92 Å². The normalized spacial score (nSPS) is 11.4. The Morgan fingerprint density at radius 2 is 1.95 bits per heavy atom. The van der Waals surface area contributed by atoms with Crippen LogP contribution in [0.15, 0.2) is 24.3 Å². The van der Waals surface area contributed by atoms with Gasteiger partial charge in [-0.3, -0.25) is 4.79 Å². The summed E-state index contributed by atoms with van der Waals surface area (Å²) >= 11 is 0. The third-order valence-electron chi connectivity index (χ3n) is 2.67. The molecule has 1 rings (SSSR count). The maximum atomic E-state index is 12.5. The summed E-state index contributed by atoms with van der Waals surface area (Å²) in [6.45, 7) is 4.04. The second kappa shape index (κ2) is 7.89. The highest BCUT2D eigenvalue weighted by Crippen LogP contribution is 2.29. The van der Waals surface area contributed by atoms with Crippen molar-refractivity contribution in [3.8, 4) is 0 Å². The summed E-state index contributed by atoms with van der Waals surface area (Å²) in [5.74, 6) is -0.275. The number of amides is 1. The molecule has 20 heavy (non-hydrogen) atoms. The Morgan fingerprint density at radius 3 is 2.60 bits per heavy atom. The number of nitrogens with one attached hydrogen (secondary N) is 2. The molecule has 0 bridgehead atoms. The van der Waals surface area contributed by atoms with Crippen molar-refractivity contribution in [3.05, 3.63) is 35.4 Å². The average molecular weight is 288 g/mol. The molecule has 1 amide bonds.